The third-order valence-electron chi connectivity index (χ3n) is 7.99. The van der Waals surface area contributed by atoms with E-state index in [1.165, 1.54) is 5.69 Å². The Labute approximate surface area is 234 Å². The zero-order valence-corrected chi connectivity index (χ0v) is 22.3. The van der Waals surface area contributed by atoms with Crippen LogP contribution in [-0.2, 0) is 11.2 Å². The number of hydrogen-bond donors (Lipinski definition) is 1. The van der Waals surface area contributed by atoms with Crippen molar-refractivity contribution in [3.63, 3.8) is 0 Å². The van der Waals surface area contributed by atoms with Gasteiger partial charge in [0.05, 0.1) is 12.0 Å². The molecule has 202 valence electrons. The molecule has 3 aromatic carbocycles. The lowest BCUT2D eigenvalue weighted by atomic mass is 9.71. The highest BCUT2D eigenvalue weighted by Gasteiger charge is 2.55. The van der Waals surface area contributed by atoms with Crippen molar-refractivity contribution in [2.75, 3.05) is 37.6 Å². The van der Waals surface area contributed by atoms with Gasteiger partial charge < -0.3 is 19.9 Å². The Hall–Kier alpha value is -4.65. The molecule has 0 bridgehead atoms. The van der Waals surface area contributed by atoms with Crippen molar-refractivity contribution in [2.45, 2.75) is 6.42 Å². The predicted molar refractivity (Wildman–Crippen MR) is 154 cm³/mol. The summed E-state index contributed by atoms with van der Waals surface area (Å²) < 4.78 is 5.89. The summed E-state index contributed by atoms with van der Waals surface area (Å²) in [5.74, 6) is 1.65. The lowest BCUT2D eigenvalue weighted by molar-refractivity contribution is -0.130. The first-order valence-electron chi connectivity index (χ1n) is 13.7. The summed E-state index contributed by atoms with van der Waals surface area (Å²) in [7, 11) is 0. The van der Waals surface area contributed by atoms with Gasteiger partial charge in [-0.05, 0) is 54.1 Å². The van der Waals surface area contributed by atoms with Crippen molar-refractivity contribution >= 4 is 17.5 Å². The molecule has 2 aliphatic rings. The maximum atomic E-state index is 13.5. The molecule has 2 saturated heterocycles. The van der Waals surface area contributed by atoms with Crippen LogP contribution in [0.4, 0.5) is 5.69 Å². The van der Waals surface area contributed by atoms with Crippen LogP contribution in [0.1, 0.15) is 15.9 Å². The van der Waals surface area contributed by atoms with Crippen LogP contribution in [0, 0.1) is 11.3 Å². The molecule has 2 aliphatic heterocycles. The van der Waals surface area contributed by atoms with Crippen molar-refractivity contribution in [1.29, 1.82) is 0 Å². The van der Waals surface area contributed by atoms with E-state index in [0.717, 1.165) is 30.2 Å². The number of hydrogen-bond acceptors (Lipinski definition) is 5. The van der Waals surface area contributed by atoms with Gasteiger partial charge in [0.25, 0.3) is 5.91 Å². The highest BCUT2D eigenvalue weighted by Crippen LogP contribution is 2.45. The highest BCUT2D eigenvalue weighted by molar-refractivity contribution is 5.93. The lowest BCUT2D eigenvalue weighted by Crippen LogP contribution is -2.62. The first-order valence-corrected chi connectivity index (χ1v) is 13.7. The number of aromatic nitrogens is 1. The first kappa shape index (κ1) is 25.6. The Bertz CT molecular complexity index is 1440. The largest absolute Gasteiger partial charge is 0.457 e. The quantitative estimate of drug-likeness (QED) is 0.353. The van der Waals surface area contributed by atoms with E-state index in [4.69, 9.17) is 4.74 Å². The second kappa shape index (κ2) is 11.2. The molecule has 40 heavy (non-hydrogen) atoms. The summed E-state index contributed by atoms with van der Waals surface area (Å²) in [4.78, 5) is 34.6. The number of nitrogens with one attached hydrogen (secondary N) is 1. The van der Waals surface area contributed by atoms with Crippen LogP contribution in [0.3, 0.4) is 0 Å². The number of para-hydroxylation sites is 2. The van der Waals surface area contributed by atoms with Gasteiger partial charge in [-0.25, -0.2) is 0 Å². The molecular weight excluding hydrogens is 500 g/mol. The molecule has 1 N–H and O–H groups in total. The molecular formula is C33H32N4O3. The average Bonchev–Trinajstić information content (AvgIpc) is 3.38. The number of carbonyl (C=O) groups is 2. The number of likely N-dealkylation sites (tertiary alicyclic amines) is 1. The molecule has 1 spiro atoms. The van der Waals surface area contributed by atoms with E-state index in [1.807, 2.05) is 77.7 Å². The van der Waals surface area contributed by atoms with Crippen LogP contribution in [0.2, 0.25) is 0 Å². The standard InChI is InChI=1S/C33H32N4O3/c38-31(18-25-13-15-30(16-14-25)40-29-11-5-2-6-12-29)36-21-27(20-35-32(39)26-8-7-17-34-19-26)33(22-36)23-37(24-33)28-9-3-1-4-10-28/h1-17,19,27H,18,20-24H2,(H,35,39). The van der Waals surface area contributed by atoms with E-state index in [2.05, 4.69) is 27.3 Å². The maximum Gasteiger partial charge on any atom is 0.252 e. The van der Waals surface area contributed by atoms with E-state index in [-0.39, 0.29) is 23.1 Å². The average molecular weight is 533 g/mol. The third-order valence-corrected chi connectivity index (χ3v) is 7.99. The van der Waals surface area contributed by atoms with E-state index >= 15 is 0 Å². The fourth-order valence-corrected chi connectivity index (χ4v) is 5.80. The molecule has 1 aromatic heterocycles. The molecule has 6 rings (SSSR count). The second-order valence-electron chi connectivity index (χ2n) is 10.7. The van der Waals surface area contributed by atoms with Crippen LogP contribution in [-0.4, -0.2) is 54.4 Å². The summed E-state index contributed by atoms with van der Waals surface area (Å²) in [5, 5.41) is 3.10. The Morgan fingerprint density at radius 2 is 1.55 bits per heavy atom. The van der Waals surface area contributed by atoms with Crippen molar-refractivity contribution in [3.8, 4) is 11.5 Å². The highest BCUT2D eigenvalue weighted by atomic mass is 16.5. The van der Waals surface area contributed by atoms with Crippen LogP contribution >= 0.6 is 0 Å². The minimum atomic E-state index is -0.134. The summed E-state index contributed by atoms with van der Waals surface area (Å²) >= 11 is 0. The maximum absolute atomic E-state index is 13.5. The van der Waals surface area contributed by atoms with E-state index < -0.39 is 0 Å². The van der Waals surface area contributed by atoms with E-state index in [9.17, 15) is 9.59 Å². The van der Waals surface area contributed by atoms with Crippen molar-refractivity contribution in [1.82, 2.24) is 15.2 Å². The van der Waals surface area contributed by atoms with Gasteiger partial charge in [-0.3, -0.25) is 14.6 Å². The zero-order valence-electron chi connectivity index (χ0n) is 22.3. The minimum Gasteiger partial charge on any atom is -0.457 e. The van der Waals surface area contributed by atoms with E-state index in [0.29, 0.717) is 31.6 Å². The third kappa shape index (κ3) is 5.54. The molecule has 0 aliphatic carbocycles. The molecule has 0 radical (unpaired) electrons. The van der Waals surface area contributed by atoms with Crippen LogP contribution in [0.25, 0.3) is 0 Å². The topological polar surface area (TPSA) is 74.8 Å². The number of pyridine rings is 1. The molecule has 7 nitrogen and oxygen atoms in total. The van der Waals surface area contributed by atoms with Gasteiger partial charge in [0.2, 0.25) is 5.91 Å². The summed E-state index contributed by atoms with van der Waals surface area (Å²) in [5.41, 5.74) is 2.63. The smallest absolute Gasteiger partial charge is 0.252 e. The zero-order chi connectivity index (χ0) is 27.4. The molecule has 3 heterocycles. The number of amides is 2. The second-order valence-corrected chi connectivity index (χ2v) is 10.7. The van der Waals surface area contributed by atoms with Gasteiger partial charge in [0.1, 0.15) is 11.5 Å². The molecule has 2 amide bonds. The Balaban J connectivity index is 1.11. The number of nitrogens with zero attached hydrogens (tertiary/aromatic N) is 3. The fourth-order valence-electron chi connectivity index (χ4n) is 5.80. The molecule has 4 aromatic rings. The van der Waals surface area contributed by atoms with Gasteiger partial charge >= 0.3 is 0 Å². The summed E-state index contributed by atoms with van der Waals surface area (Å²) in [6, 6.07) is 31.2. The van der Waals surface area contributed by atoms with Gasteiger partial charge in [-0.1, -0.05) is 48.5 Å². The predicted octanol–water partition coefficient (Wildman–Crippen LogP) is 4.81. The molecule has 1 atom stereocenters. The van der Waals surface area contributed by atoms with Crippen LogP contribution in [0.15, 0.2) is 109 Å². The lowest BCUT2D eigenvalue weighted by Gasteiger charge is -2.52. The van der Waals surface area contributed by atoms with Gasteiger partial charge in [0, 0.05) is 62.1 Å². The normalized spacial score (nSPS) is 17.4. The fraction of sp³-hybridized carbons (Fsp3) is 0.242. The Kier molecular flexibility index (Phi) is 7.19. The Morgan fingerprint density at radius 1 is 0.850 bits per heavy atom. The summed E-state index contributed by atoms with van der Waals surface area (Å²) in [6.07, 6.45) is 3.56. The Morgan fingerprint density at radius 3 is 2.25 bits per heavy atom. The van der Waals surface area contributed by atoms with Crippen LogP contribution in [0.5, 0.6) is 11.5 Å². The van der Waals surface area contributed by atoms with Gasteiger partial charge in [0.15, 0.2) is 0 Å². The van der Waals surface area contributed by atoms with Crippen molar-refractivity contribution < 1.29 is 14.3 Å². The van der Waals surface area contributed by atoms with Gasteiger partial charge in [-0.2, -0.15) is 0 Å². The van der Waals surface area contributed by atoms with E-state index in [1.54, 1.807) is 24.5 Å². The first-order chi connectivity index (χ1) is 19.6. The molecule has 7 heteroatoms. The molecule has 1 unspecified atom stereocenters. The molecule has 2 fully saturated rings. The number of ether oxygens (including phenoxy) is 1. The van der Waals surface area contributed by atoms with Gasteiger partial charge in [-0.15, -0.1) is 0 Å². The SMILES string of the molecule is O=C(NCC1CN(C(=O)Cc2ccc(Oc3ccccc3)cc2)CC12CN(c1ccccc1)C2)c1cccnc1. The van der Waals surface area contributed by atoms with Crippen LogP contribution < -0.4 is 15.0 Å². The number of rotatable bonds is 8. The summed E-state index contributed by atoms with van der Waals surface area (Å²) in [6.45, 7) is 3.56. The number of carbonyl (C=O) groups excluding carboxylic acids is 2. The minimum absolute atomic E-state index is 0.0545. The van der Waals surface area contributed by atoms with Crippen molar-refractivity contribution in [3.05, 3.63) is 121 Å². The van der Waals surface area contributed by atoms with Crippen molar-refractivity contribution in [2.24, 2.45) is 11.3 Å². The number of benzene rings is 3. The molecule has 0 saturated carbocycles. The monoisotopic (exact) mass is 532 g/mol. The number of anilines is 1.